The van der Waals surface area contributed by atoms with Crippen LogP contribution in [0.15, 0.2) is 48.5 Å². The highest BCUT2D eigenvalue weighted by Crippen LogP contribution is 2.46. The van der Waals surface area contributed by atoms with Crippen LogP contribution in [0.25, 0.3) is 11.1 Å². The molecule has 1 heterocycles. The second-order valence-electron chi connectivity index (χ2n) is 8.43. The minimum atomic E-state index is -1.36. The number of aliphatic carboxylic acids is 1. The van der Waals surface area contributed by atoms with E-state index in [1.807, 2.05) is 48.5 Å². The van der Waals surface area contributed by atoms with Gasteiger partial charge in [0, 0.05) is 18.8 Å². The van der Waals surface area contributed by atoms with Crippen LogP contribution < -0.4 is 0 Å². The van der Waals surface area contributed by atoms with Gasteiger partial charge in [0.05, 0.1) is 19.6 Å². The number of benzene rings is 2. The lowest BCUT2D eigenvalue weighted by molar-refractivity contribution is -0.410. The van der Waals surface area contributed by atoms with Crippen molar-refractivity contribution in [2.24, 2.45) is 5.92 Å². The lowest BCUT2D eigenvalue weighted by Gasteiger charge is -2.50. The Bertz CT molecular complexity index is 1060. The van der Waals surface area contributed by atoms with Gasteiger partial charge in [0.15, 0.2) is 11.8 Å². The Morgan fingerprint density at radius 2 is 1.67 bits per heavy atom. The van der Waals surface area contributed by atoms with Gasteiger partial charge in [-0.2, -0.15) is 5.06 Å². The van der Waals surface area contributed by atoms with Gasteiger partial charge in [-0.3, -0.25) is 4.79 Å². The maximum Gasteiger partial charge on any atom is 0.435 e. The van der Waals surface area contributed by atoms with Crippen molar-refractivity contribution in [3.8, 4) is 11.1 Å². The van der Waals surface area contributed by atoms with Crippen LogP contribution in [0.5, 0.6) is 0 Å². The molecule has 1 amide bonds. The highest BCUT2D eigenvalue weighted by molar-refractivity contribution is 5.81. The lowest BCUT2D eigenvalue weighted by Crippen LogP contribution is -2.64. The number of carboxylic acid groups (broad SMARTS) is 1. The Balaban J connectivity index is 1.31. The van der Waals surface area contributed by atoms with E-state index in [1.165, 1.54) is 7.11 Å². The number of hydroxylamine groups is 2. The molecular formula is C24H23NO8. The van der Waals surface area contributed by atoms with Gasteiger partial charge in [-0.05, 0) is 22.3 Å². The number of esters is 1. The molecule has 1 aliphatic heterocycles. The van der Waals surface area contributed by atoms with Crippen molar-refractivity contribution in [1.82, 2.24) is 5.06 Å². The molecule has 2 fully saturated rings. The van der Waals surface area contributed by atoms with Crippen molar-refractivity contribution in [3.63, 3.8) is 0 Å². The number of amides is 1. The number of carboxylic acids is 1. The molecule has 0 bridgehead atoms. The molecule has 33 heavy (non-hydrogen) atoms. The van der Waals surface area contributed by atoms with Crippen LogP contribution >= 0.6 is 0 Å². The van der Waals surface area contributed by atoms with Crippen molar-refractivity contribution >= 4 is 18.0 Å². The van der Waals surface area contributed by atoms with Crippen LogP contribution in [-0.2, 0) is 28.6 Å². The van der Waals surface area contributed by atoms with Gasteiger partial charge in [0.2, 0.25) is 0 Å². The molecule has 0 unspecified atom stereocenters. The van der Waals surface area contributed by atoms with Crippen molar-refractivity contribution in [2.45, 2.75) is 30.6 Å². The van der Waals surface area contributed by atoms with Crippen LogP contribution in [0.1, 0.15) is 29.9 Å². The van der Waals surface area contributed by atoms with E-state index in [0.717, 1.165) is 27.3 Å². The third kappa shape index (κ3) is 3.63. The maximum atomic E-state index is 13.0. The van der Waals surface area contributed by atoms with Crippen molar-refractivity contribution in [1.29, 1.82) is 0 Å². The zero-order valence-corrected chi connectivity index (χ0v) is 17.9. The van der Waals surface area contributed by atoms with E-state index in [-0.39, 0.29) is 32.0 Å². The predicted octanol–water partition coefficient (Wildman–Crippen LogP) is 2.93. The molecule has 2 aliphatic carbocycles. The molecule has 1 atom stereocenters. The fourth-order valence-electron chi connectivity index (χ4n) is 4.78. The average molecular weight is 453 g/mol. The summed E-state index contributed by atoms with van der Waals surface area (Å²) in [5, 5.41) is 10.3. The molecule has 0 aromatic heterocycles. The Hall–Kier alpha value is -3.43. The van der Waals surface area contributed by atoms with Crippen LogP contribution in [0.2, 0.25) is 0 Å². The van der Waals surface area contributed by atoms with Gasteiger partial charge >= 0.3 is 18.0 Å². The van der Waals surface area contributed by atoms with Gasteiger partial charge in [0.1, 0.15) is 6.61 Å². The number of fused-ring (bicyclic) bond motifs is 3. The van der Waals surface area contributed by atoms with Gasteiger partial charge in [-0.1, -0.05) is 48.5 Å². The molecule has 172 valence electrons. The van der Waals surface area contributed by atoms with Gasteiger partial charge < -0.3 is 19.3 Å². The van der Waals surface area contributed by atoms with E-state index in [2.05, 4.69) is 0 Å². The largest absolute Gasteiger partial charge is 0.480 e. The van der Waals surface area contributed by atoms with Crippen LogP contribution in [0.4, 0.5) is 4.79 Å². The quantitative estimate of drug-likeness (QED) is 0.704. The Labute approximate surface area is 189 Å². The Kier molecular flexibility index (Phi) is 5.30. The first-order valence-electron chi connectivity index (χ1n) is 10.7. The molecule has 9 heteroatoms. The van der Waals surface area contributed by atoms with Crippen molar-refractivity contribution in [3.05, 3.63) is 59.7 Å². The first kappa shape index (κ1) is 21.4. The highest BCUT2D eigenvalue weighted by atomic mass is 16.8. The van der Waals surface area contributed by atoms with E-state index in [9.17, 15) is 19.5 Å². The second-order valence-corrected chi connectivity index (χ2v) is 8.43. The molecule has 2 aromatic rings. The summed E-state index contributed by atoms with van der Waals surface area (Å²) in [5.74, 6) is -3.52. The van der Waals surface area contributed by atoms with Crippen molar-refractivity contribution < 1.29 is 38.5 Å². The number of rotatable bonds is 4. The number of nitrogens with zero attached hydrogens (tertiary/aromatic N) is 1. The topological polar surface area (TPSA) is 112 Å². The highest BCUT2D eigenvalue weighted by Gasteiger charge is 2.57. The second kappa shape index (κ2) is 8.17. The van der Waals surface area contributed by atoms with E-state index in [4.69, 9.17) is 19.0 Å². The predicted molar refractivity (Wildman–Crippen MR) is 113 cm³/mol. The van der Waals surface area contributed by atoms with Gasteiger partial charge in [-0.25, -0.2) is 14.4 Å². The number of hydrogen-bond acceptors (Lipinski definition) is 7. The van der Waals surface area contributed by atoms with Crippen LogP contribution in [0.3, 0.4) is 0 Å². The van der Waals surface area contributed by atoms with E-state index in [0.29, 0.717) is 0 Å². The molecule has 2 aromatic carbocycles. The molecule has 5 rings (SSSR count). The fourth-order valence-corrected chi connectivity index (χ4v) is 4.78. The maximum absolute atomic E-state index is 13.0. The third-order valence-electron chi connectivity index (χ3n) is 6.50. The first-order valence-corrected chi connectivity index (χ1v) is 10.7. The summed E-state index contributed by atoms with van der Waals surface area (Å²) in [6, 6.07) is 14.5. The Morgan fingerprint density at radius 1 is 1.06 bits per heavy atom. The summed E-state index contributed by atoms with van der Waals surface area (Å²) >= 11 is 0. The summed E-state index contributed by atoms with van der Waals surface area (Å²) in [6.45, 7) is -0.245. The van der Waals surface area contributed by atoms with Crippen molar-refractivity contribution in [2.75, 3.05) is 20.3 Å². The standard InChI is InChI=1S/C24H23NO8/c1-30-22(28)14-10-24(11-14)32-13-20(21(26)27)25(33-24)23(29)31-12-19-17-8-4-2-6-15(17)16-7-3-5-9-18(16)19/h2-9,14,19-20H,10-13H2,1H3,(H,26,27)/t14?,20-,24?/m0/s1. The number of methoxy groups -OCH3 is 1. The summed E-state index contributed by atoms with van der Waals surface area (Å²) in [5.41, 5.74) is 4.26. The normalized spacial score (nSPS) is 25.7. The number of carbonyl (C=O) groups excluding carboxylic acids is 2. The number of hydrogen-bond donors (Lipinski definition) is 1. The molecule has 1 saturated carbocycles. The SMILES string of the molecule is COC(=O)C1CC2(C1)OC[C@@H](C(=O)O)N(C(=O)OCC1c3ccccc3-c3ccccc31)O2. The number of ether oxygens (including phenoxy) is 3. The summed E-state index contributed by atoms with van der Waals surface area (Å²) in [4.78, 5) is 42.1. The zero-order chi connectivity index (χ0) is 23.2. The number of carbonyl (C=O) groups is 3. The first-order chi connectivity index (χ1) is 15.9. The van der Waals surface area contributed by atoms with E-state index < -0.39 is 35.8 Å². The summed E-state index contributed by atoms with van der Waals surface area (Å²) in [6.07, 6.45) is -0.577. The van der Waals surface area contributed by atoms with Gasteiger partial charge in [-0.15, -0.1) is 0 Å². The fraction of sp³-hybridized carbons (Fsp3) is 0.375. The molecule has 0 radical (unpaired) electrons. The average Bonchev–Trinajstić information content (AvgIpc) is 3.13. The summed E-state index contributed by atoms with van der Waals surface area (Å²) < 4.78 is 15.9. The molecule has 9 nitrogen and oxygen atoms in total. The smallest absolute Gasteiger partial charge is 0.435 e. The van der Waals surface area contributed by atoms with Crippen LogP contribution in [-0.4, -0.2) is 60.4 Å². The zero-order valence-electron chi connectivity index (χ0n) is 17.9. The van der Waals surface area contributed by atoms with Gasteiger partial charge in [0.25, 0.3) is 0 Å². The monoisotopic (exact) mass is 453 g/mol. The molecular weight excluding hydrogens is 430 g/mol. The minimum Gasteiger partial charge on any atom is -0.480 e. The Morgan fingerprint density at radius 3 is 2.24 bits per heavy atom. The molecule has 3 aliphatic rings. The lowest BCUT2D eigenvalue weighted by atomic mass is 9.78. The van der Waals surface area contributed by atoms with E-state index >= 15 is 0 Å². The molecule has 1 N–H and O–H groups in total. The summed E-state index contributed by atoms with van der Waals surface area (Å²) in [7, 11) is 1.29. The van der Waals surface area contributed by atoms with Crippen LogP contribution in [0, 0.1) is 5.92 Å². The molecule has 1 saturated heterocycles. The minimum absolute atomic E-state index is 0.0255. The van der Waals surface area contributed by atoms with E-state index in [1.54, 1.807) is 0 Å². The molecule has 1 spiro atoms. The third-order valence-corrected chi connectivity index (χ3v) is 6.50.